The molecular weight excluding hydrogens is 468 g/mol. The Hall–Kier alpha value is -5.11. The van der Waals surface area contributed by atoms with Crippen molar-refractivity contribution in [1.29, 1.82) is 5.26 Å². The van der Waals surface area contributed by atoms with Gasteiger partial charge in [0.1, 0.15) is 24.2 Å². The van der Waals surface area contributed by atoms with Crippen molar-refractivity contribution in [1.82, 2.24) is 9.88 Å². The molecule has 0 radical (unpaired) electrons. The van der Waals surface area contributed by atoms with Gasteiger partial charge in [0.25, 0.3) is 5.91 Å². The van der Waals surface area contributed by atoms with Crippen LogP contribution in [-0.2, 0) is 4.79 Å². The zero-order chi connectivity index (χ0) is 26.2. The predicted molar refractivity (Wildman–Crippen MR) is 129 cm³/mol. The van der Waals surface area contributed by atoms with Crippen LogP contribution in [0, 0.1) is 21.4 Å². The third kappa shape index (κ3) is 5.68. The van der Waals surface area contributed by atoms with Gasteiger partial charge in [-0.05, 0) is 42.5 Å². The third-order valence-corrected chi connectivity index (χ3v) is 5.16. The van der Waals surface area contributed by atoms with Crippen LogP contribution >= 0.6 is 0 Å². The smallest absolute Gasteiger partial charge is 0.315 e. The van der Waals surface area contributed by atoms with E-state index >= 15 is 0 Å². The number of carbonyl (C=O) groups is 1. The molecule has 1 amide bonds. The number of nitro groups is 1. The van der Waals surface area contributed by atoms with Crippen molar-refractivity contribution in [3.63, 3.8) is 0 Å². The number of nitrogens with zero attached hydrogens (tertiary/aromatic N) is 4. The van der Waals surface area contributed by atoms with Crippen molar-refractivity contribution in [2.75, 3.05) is 27.3 Å². The first kappa shape index (κ1) is 25.5. The first-order valence-electron chi connectivity index (χ1n) is 10.6. The first-order chi connectivity index (χ1) is 17.3. The van der Waals surface area contributed by atoms with E-state index in [1.165, 1.54) is 19.1 Å². The molecule has 11 heteroatoms. The summed E-state index contributed by atoms with van der Waals surface area (Å²) < 4.78 is 10.6. The second-order valence-electron chi connectivity index (χ2n) is 7.45. The summed E-state index contributed by atoms with van der Waals surface area (Å²) in [5.74, 6) is -2.09. The number of ether oxygens (including phenoxy) is 2. The number of pyridine rings is 1. The number of methoxy groups -OCH3 is 1. The van der Waals surface area contributed by atoms with Gasteiger partial charge in [-0.25, -0.2) is 0 Å². The molecule has 0 aliphatic carbocycles. The number of amides is 1. The summed E-state index contributed by atoms with van der Waals surface area (Å²) in [7, 11) is 2.58. The number of hydrogen-bond donors (Lipinski definition) is 2. The highest BCUT2D eigenvalue weighted by Gasteiger charge is 2.25. The molecular formula is C25H22N4O7. The Morgan fingerprint density at radius 2 is 1.94 bits per heavy atom. The van der Waals surface area contributed by atoms with Crippen LogP contribution in [0.1, 0.15) is 5.56 Å². The Bertz CT molecular complexity index is 1330. The second-order valence-corrected chi connectivity index (χ2v) is 7.45. The molecule has 11 nitrogen and oxygen atoms in total. The third-order valence-electron chi connectivity index (χ3n) is 5.16. The predicted octanol–water partition coefficient (Wildman–Crippen LogP) is 3.70. The van der Waals surface area contributed by atoms with E-state index in [0.29, 0.717) is 5.75 Å². The van der Waals surface area contributed by atoms with Gasteiger partial charge in [0.05, 0.1) is 24.3 Å². The van der Waals surface area contributed by atoms with Crippen LogP contribution in [0.4, 0.5) is 5.69 Å². The Labute approximate surface area is 206 Å². The van der Waals surface area contributed by atoms with Gasteiger partial charge in [-0.15, -0.1) is 0 Å². The van der Waals surface area contributed by atoms with E-state index in [-0.39, 0.29) is 24.5 Å². The monoisotopic (exact) mass is 490 g/mol. The minimum absolute atomic E-state index is 0.0817. The van der Waals surface area contributed by atoms with E-state index in [9.17, 15) is 30.4 Å². The van der Waals surface area contributed by atoms with Gasteiger partial charge in [-0.3, -0.25) is 19.9 Å². The summed E-state index contributed by atoms with van der Waals surface area (Å²) in [5, 5.41) is 41.2. The molecule has 36 heavy (non-hydrogen) atoms. The zero-order valence-electron chi connectivity index (χ0n) is 19.4. The van der Waals surface area contributed by atoms with Crippen LogP contribution in [0.3, 0.4) is 0 Å². The molecule has 0 unspecified atom stereocenters. The number of aromatic hydroxyl groups is 1. The molecule has 0 saturated heterocycles. The Kier molecular flexibility index (Phi) is 8.04. The van der Waals surface area contributed by atoms with Gasteiger partial charge in [0, 0.05) is 30.4 Å². The Balaban J connectivity index is 1.70. The highest BCUT2D eigenvalue weighted by Crippen LogP contribution is 2.38. The van der Waals surface area contributed by atoms with Crippen molar-refractivity contribution in [3.05, 3.63) is 82.0 Å². The number of aromatic nitrogens is 1. The molecule has 184 valence electrons. The topological polar surface area (TPSA) is 159 Å². The van der Waals surface area contributed by atoms with Crippen LogP contribution in [-0.4, -0.2) is 58.2 Å². The van der Waals surface area contributed by atoms with Crippen LogP contribution in [0.25, 0.3) is 17.0 Å². The summed E-state index contributed by atoms with van der Waals surface area (Å²) in [5.41, 5.74) is 0.108. The van der Waals surface area contributed by atoms with E-state index in [0.717, 1.165) is 23.4 Å². The van der Waals surface area contributed by atoms with E-state index in [4.69, 9.17) is 9.47 Å². The SMILES string of the molecule is COc1cc(/C(O)=C(\C#N)C(=O)N(C)CCOc2ccc(-c3ccccn3)cc2)cc([N+](=O)[O-])c1O. The van der Waals surface area contributed by atoms with Crippen molar-refractivity contribution >= 4 is 17.4 Å². The summed E-state index contributed by atoms with van der Waals surface area (Å²) >= 11 is 0. The molecule has 1 heterocycles. The van der Waals surface area contributed by atoms with Crippen molar-refractivity contribution < 1.29 is 29.4 Å². The number of likely N-dealkylation sites (N-methyl/N-ethyl adjacent to an activating group) is 1. The molecule has 0 aliphatic heterocycles. The summed E-state index contributed by atoms with van der Waals surface area (Å²) in [4.78, 5) is 28.6. The fourth-order valence-corrected chi connectivity index (χ4v) is 3.22. The van der Waals surface area contributed by atoms with Crippen molar-refractivity contribution in [3.8, 4) is 34.6 Å². The minimum atomic E-state index is -0.880. The lowest BCUT2D eigenvalue weighted by molar-refractivity contribution is -0.386. The number of benzene rings is 2. The number of carbonyl (C=O) groups excluding carboxylic acids is 1. The van der Waals surface area contributed by atoms with Crippen LogP contribution in [0.15, 0.2) is 66.4 Å². The second kappa shape index (κ2) is 11.3. The van der Waals surface area contributed by atoms with Gasteiger partial charge < -0.3 is 24.6 Å². The van der Waals surface area contributed by atoms with Crippen LogP contribution in [0.2, 0.25) is 0 Å². The molecule has 2 aromatic carbocycles. The Morgan fingerprint density at radius 3 is 2.53 bits per heavy atom. The summed E-state index contributed by atoms with van der Waals surface area (Å²) in [6.07, 6.45) is 1.70. The van der Waals surface area contributed by atoms with Crippen LogP contribution < -0.4 is 9.47 Å². The summed E-state index contributed by atoms with van der Waals surface area (Å²) in [6, 6.07) is 16.4. The average molecular weight is 490 g/mol. The van der Waals surface area contributed by atoms with E-state index in [1.54, 1.807) is 24.4 Å². The lowest BCUT2D eigenvalue weighted by Gasteiger charge is -2.18. The van der Waals surface area contributed by atoms with Gasteiger partial charge in [0.15, 0.2) is 11.3 Å². The number of rotatable bonds is 9. The number of phenols is 1. The fraction of sp³-hybridized carbons (Fsp3) is 0.160. The molecule has 2 N–H and O–H groups in total. The number of aliphatic hydroxyl groups is 1. The van der Waals surface area contributed by atoms with Crippen molar-refractivity contribution in [2.45, 2.75) is 0 Å². The normalized spacial score (nSPS) is 11.1. The molecule has 0 atom stereocenters. The van der Waals surface area contributed by atoms with Gasteiger partial charge >= 0.3 is 5.69 Å². The number of hydrogen-bond acceptors (Lipinski definition) is 9. The fourth-order valence-electron chi connectivity index (χ4n) is 3.22. The quantitative estimate of drug-likeness (QED) is 0.150. The lowest BCUT2D eigenvalue weighted by Crippen LogP contribution is -2.32. The molecule has 3 aromatic rings. The average Bonchev–Trinajstić information content (AvgIpc) is 2.89. The standard InChI is InChI=1S/C25H22N4O7/c1-28(11-12-36-18-8-6-16(7-9-18)20-5-3-4-10-27-20)25(32)19(15-26)23(30)17-13-21(29(33)34)24(31)22(14-17)35-2/h3-10,13-14,30-31H,11-12H2,1-2H3/b23-19-. The largest absolute Gasteiger partial charge is 0.506 e. The first-order valence-corrected chi connectivity index (χ1v) is 10.6. The number of nitriles is 1. The number of aliphatic hydroxyl groups excluding tert-OH is 1. The van der Waals surface area contributed by atoms with E-state index in [2.05, 4.69) is 4.98 Å². The minimum Gasteiger partial charge on any atom is -0.506 e. The number of phenolic OH excluding ortho intramolecular Hbond substituents is 1. The maximum Gasteiger partial charge on any atom is 0.315 e. The van der Waals surface area contributed by atoms with E-state index in [1.807, 2.05) is 30.3 Å². The maximum absolute atomic E-state index is 12.8. The molecule has 0 fully saturated rings. The molecule has 0 spiro atoms. The highest BCUT2D eigenvalue weighted by atomic mass is 16.6. The summed E-state index contributed by atoms with van der Waals surface area (Å²) in [6.45, 7) is 0.182. The van der Waals surface area contributed by atoms with Gasteiger partial charge in [0.2, 0.25) is 5.75 Å². The Morgan fingerprint density at radius 1 is 1.22 bits per heavy atom. The molecule has 0 aliphatic rings. The zero-order valence-corrected chi connectivity index (χ0v) is 19.4. The van der Waals surface area contributed by atoms with E-state index < -0.39 is 33.6 Å². The molecule has 1 aromatic heterocycles. The van der Waals surface area contributed by atoms with Crippen LogP contribution in [0.5, 0.6) is 17.2 Å². The number of nitro benzene ring substituents is 1. The molecule has 3 rings (SSSR count). The lowest BCUT2D eigenvalue weighted by atomic mass is 10.1. The molecule has 0 saturated carbocycles. The molecule has 0 bridgehead atoms. The highest BCUT2D eigenvalue weighted by molar-refractivity contribution is 6.03. The maximum atomic E-state index is 12.8. The van der Waals surface area contributed by atoms with Gasteiger partial charge in [-0.2, -0.15) is 5.26 Å². The van der Waals surface area contributed by atoms with Crippen molar-refractivity contribution in [2.24, 2.45) is 0 Å². The van der Waals surface area contributed by atoms with Gasteiger partial charge in [-0.1, -0.05) is 6.07 Å².